The van der Waals surface area contributed by atoms with Crippen molar-refractivity contribution in [3.8, 4) is 6.07 Å². The maximum atomic E-state index is 13.5. The minimum Gasteiger partial charge on any atom is -0.355 e. The number of nitriles is 1. The highest BCUT2D eigenvalue weighted by molar-refractivity contribution is 7.88. The quantitative estimate of drug-likeness (QED) is 0.340. The topological polar surface area (TPSA) is 100 Å². The van der Waals surface area contributed by atoms with E-state index in [1.165, 1.54) is 18.3 Å². The summed E-state index contributed by atoms with van der Waals surface area (Å²) in [4.78, 5) is 2.33. The molecule has 9 heteroatoms. The van der Waals surface area contributed by atoms with Gasteiger partial charge < -0.3 is 10.7 Å². The van der Waals surface area contributed by atoms with Crippen molar-refractivity contribution in [3.05, 3.63) is 94.3 Å². The van der Waals surface area contributed by atoms with Crippen molar-refractivity contribution in [1.29, 1.82) is 10.7 Å². The van der Waals surface area contributed by atoms with E-state index in [2.05, 4.69) is 30.1 Å². The van der Waals surface area contributed by atoms with Crippen LogP contribution in [-0.2, 0) is 15.8 Å². The summed E-state index contributed by atoms with van der Waals surface area (Å²) in [6, 6.07) is 18.5. The van der Waals surface area contributed by atoms with Crippen LogP contribution in [0, 0.1) is 35.4 Å². The summed E-state index contributed by atoms with van der Waals surface area (Å²) in [6.07, 6.45) is 1.28. The van der Waals surface area contributed by atoms with Crippen LogP contribution in [0.15, 0.2) is 60.7 Å². The van der Waals surface area contributed by atoms with Crippen LogP contribution >= 0.6 is 0 Å². The van der Waals surface area contributed by atoms with Gasteiger partial charge in [0.15, 0.2) is 0 Å². The number of nitrogens with one attached hydrogen (secondary N) is 2. The van der Waals surface area contributed by atoms with Gasteiger partial charge in [0.2, 0.25) is 10.0 Å². The van der Waals surface area contributed by atoms with Crippen molar-refractivity contribution in [3.63, 3.8) is 0 Å². The first-order chi connectivity index (χ1) is 18.6. The molecule has 1 atom stereocenters. The van der Waals surface area contributed by atoms with Gasteiger partial charge in [-0.15, -0.1) is 0 Å². The van der Waals surface area contributed by atoms with Gasteiger partial charge in [-0.2, -0.15) is 9.57 Å². The number of piperazine rings is 1. The van der Waals surface area contributed by atoms with E-state index in [0.29, 0.717) is 47.9 Å². The van der Waals surface area contributed by atoms with Crippen LogP contribution in [0.4, 0.5) is 15.8 Å². The van der Waals surface area contributed by atoms with Crippen LogP contribution < -0.4 is 5.32 Å². The molecule has 1 heterocycles. The predicted molar refractivity (Wildman–Crippen MR) is 153 cm³/mol. The number of hydrogen-bond donors (Lipinski definition) is 2. The van der Waals surface area contributed by atoms with E-state index in [9.17, 15) is 12.8 Å². The van der Waals surface area contributed by atoms with Gasteiger partial charge in [-0.05, 0) is 78.1 Å². The van der Waals surface area contributed by atoms with E-state index in [0.717, 1.165) is 23.4 Å². The number of hydrogen-bond acceptors (Lipinski definition) is 6. The molecule has 0 amide bonds. The lowest BCUT2D eigenvalue weighted by molar-refractivity contribution is 0.105. The zero-order valence-corrected chi connectivity index (χ0v) is 23.3. The van der Waals surface area contributed by atoms with Gasteiger partial charge in [-0.1, -0.05) is 26.0 Å². The Balaban J connectivity index is 1.63. The fraction of sp³-hybridized carbons (Fsp3) is 0.333. The Morgan fingerprint density at radius 1 is 1.13 bits per heavy atom. The fourth-order valence-electron chi connectivity index (χ4n) is 5.03. The van der Waals surface area contributed by atoms with Crippen LogP contribution in [0.5, 0.6) is 0 Å². The Morgan fingerprint density at radius 3 is 2.44 bits per heavy atom. The zero-order valence-electron chi connectivity index (χ0n) is 22.5. The summed E-state index contributed by atoms with van der Waals surface area (Å²) in [5.41, 5.74) is 5.22. The molecule has 0 aromatic heterocycles. The number of aryl methyl sites for hydroxylation is 1. The third kappa shape index (κ3) is 6.90. The van der Waals surface area contributed by atoms with Crippen LogP contribution in [0.2, 0.25) is 0 Å². The Hall–Kier alpha value is -3.58. The molecule has 0 unspecified atom stereocenters. The molecule has 39 heavy (non-hydrogen) atoms. The van der Waals surface area contributed by atoms with Crippen molar-refractivity contribution in [2.75, 3.05) is 31.5 Å². The van der Waals surface area contributed by atoms with E-state index in [1.807, 2.05) is 19.1 Å². The predicted octanol–water partition coefficient (Wildman–Crippen LogP) is 5.59. The number of rotatable bonds is 9. The second-order valence-corrected chi connectivity index (χ2v) is 12.4. The lowest BCUT2D eigenvalue weighted by Crippen LogP contribution is -2.51. The Morgan fingerprint density at radius 2 is 1.82 bits per heavy atom. The molecule has 1 saturated heterocycles. The molecular formula is C30H34FN5O2S. The lowest BCUT2D eigenvalue weighted by atomic mass is 9.94. The molecule has 1 aliphatic rings. The summed E-state index contributed by atoms with van der Waals surface area (Å²) < 4.78 is 41.9. The van der Waals surface area contributed by atoms with Gasteiger partial charge in [0, 0.05) is 55.4 Å². The van der Waals surface area contributed by atoms with Crippen LogP contribution in [0.25, 0.3) is 0 Å². The number of benzene rings is 3. The molecule has 0 spiro atoms. The van der Waals surface area contributed by atoms with Gasteiger partial charge >= 0.3 is 0 Å². The minimum absolute atomic E-state index is 0.124. The zero-order chi connectivity index (χ0) is 28.2. The Labute approximate surface area is 230 Å². The highest BCUT2D eigenvalue weighted by Gasteiger charge is 2.35. The number of halogens is 1. The fourth-order valence-corrected chi connectivity index (χ4v) is 6.55. The monoisotopic (exact) mass is 547 g/mol. The summed E-state index contributed by atoms with van der Waals surface area (Å²) in [5.74, 6) is -0.0437. The molecule has 1 fully saturated rings. The van der Waals surface area contributed by atoms with E-state index >= 15 is 0 Å². The largest absolute Gasteiger partial charge is 0.355 e. The highest BCUT2D eigenvalue weighted by Crippen LogP contribution is 2.34. The lowest BCUT2D eigenvalue weighted by Gasteiger charge is -2.42. The number of anilines is 2. The average Bonchev–Trinajstić information content (AvgIpc) is 2.90. The average molecular weight is 548 g/mol. The normalized spacial score (nSPS) is 16.7. The van der Waals surface area contributed by atoms with Gasteiger partial charge in [0.1, 0.15) is 5.82 Å². The molecule has 204 valence electrons. The molecule has 7 nitrogen and oxygen atoms in total. The van der Waals surface area contributed by atoms with Crippen molar-refractivity contribution in [2.45, 2.75) is 32.6 Å². The van der Waals surface area contributed by atoms with Crippen molar-refractivity contribution in [2.24, 2.45) is 5.92 Å². The van der Waals surface area contributed by atoms with Crippen molar-refractivity contribution < 1.29 is 12.8 Å². The van der Waals surface area contributed by atoms with Gasteiger partial charge in [-0.25, -0.2) is 12.8 Å². The molecule has 3 aromatic rings. The van der Waals surface area contributed by atoms with Crippen LogP contribution in [0.3, 0.4) is 0 Å². The maximum absolute atomic E-state index is 13.5. The molecule has 0 radical (unpaired) electrons. The Kier molecular flexibility index (Phi) is 8.80. The summed E-state index contributed by atoms with van der Waals surface area (Å²) in [6.45, 7) is 8.44. The Bertz CT molecular complexity index is 1460. The van der Waals surface area contributed by atoms with Gasteiger partial charge in [0.05, 0.1) is 17.4 Å². The molecule has 1 aliphatic heterocycles. The molecule has 0 saturated carbocycles. The van der Waals surface area contributed by atoms with E-state index in [4.69, 9.17) is 10.7 Å². The second kappa shape index (κ2) is 12.1. The first-order valence-corrected chi connectivity index (χ1v) is 14.6. The number of sulfonamides is 1. The molecule has 0 aliphatic carbocycles. The first kappa shape index (κ1) is 28.4. The second-order valence-electron chi connectivity index (χ2n) is 10.4. The molecule has 3 aromatic carbocycles. The summed E-state index contributed by atoms with van der Waals surface area (Å²) in [7, 11) is -3.59. The van der Waals surface area contributed by atoms with Gasteiger partial charge in [0.25, 0.3) is 0 Å². The highest BCUT2D eigenvalue weighted by atomic mass is 32.2. The minimum atomic E-state index is -3.59. The van der Waals surface area contributed by atoms with E-state index in [-0.39, 0.29) is 17.6 Å². The summed E-state index contributed by atoms with van der Waals surface area (Å²) in [5, 5.41) is 20.4. The third-order valence-corrected chi connectivity index (χ3v) is 8.77. The molecule has 2 N–H and O–H groups in total. The van der Waals surface area contributed by atoms with E-state index in [1.54, 1.807) is 40.7 Å². The van der Waals surface area contributed by atoms with Gasteiger partial charge in [-0.3, -0.25) is 4.90 Å². The van der Waals surface area contributed by atoms with Crippen LogP contribution in [-0.4, -0.2) is 50.0 Å². The first-order valence-electron chi connectivity index (χ1n) is 13.0. The number of nitrogens with zero attached hydrogens (tertiary/aromatic N) is 3. The van der Waals surface area contributed by atoms with Crippen LogP contribution in [0.1, 0.15) is 47.7 Å². The molecular weight excluding hydrogens is 513 g/mol. The molecule has 4 rings (SSSR count). The van der Waals surface area contributed by atoms with Crippen molar-refractivity contribution >= 4 is 27.6 Å². The SMILES string of the molecule is Cc1cc(Nc2ccc(F)cc2)c(C=N)cc1[C@@H]1CN(S(=O)(=O)Cc2ccc(C#N)cc2)CCN1CC(C)C. The van der Waals surface area contributed by atoms with Crippen molar-refractivity contribution in [1.82, 2.24) is 9.21 Å². The molecule has 0 bridgehead atoms. The maximum Gasteiger partial charge on any atom is 0.218 e. The summed E-state index contributed by atoms with van der Waals surface area (Å²) >= 11 is 0. The standard InChI is InChI=1S/C30H34FN5O2S/c1-21(2)18-35-12-13-36(39(37,38)20-24-6-4-23(16-32)5-7-24)19-30(35)28-15-25(17-33)29(14-22(28)3)34-27-10-8-26(31)9-11-27/h4-11,14-15,17,21,30,33-34H,12-13,18-20H2,1-3H3/t30-/m0/s1. The third-order valence-electron chi connectivity index (χ3n) is 6.96. The smallest absolute Gasteiger partial charge is 0.218 e. The van der Waals surface area contributed by atoms with E-state index < -0.39 is 10.0 Å².